The molecule has 0 amide bonds. The van der Waals surface area contributed by atoms with Gasteiger partial charge in [0.05, 0.1) is 36.6 Å². The van der Waals surface area contributed by atoms with Crippen LogP contribution in [-0.2, 0) is 16.2 Å². The van der Waals surface area contributed by atoms with Crippen LogP contribution in [-0.4, -0.2) is 38.9 Å². The maximum absolute atomic E-state index is 12.9. The second-order valence-electron chi connectivity index (χ2n) is 6.40. The van der Waals surface area contributed by atoms with Gasteiger partial charge in [-0.15, -0.1) is 0 Å². The Hall–Kier alpha value is -1.90. The monoisotopic (exact) mass is 385 g/mol. The Labute approximate surface area is 150 Å². The minimum atomic E-state index is -4.38. The summed E-state index contributed by atoms with van der Waals surface area (Å²) in [6.45, 7) is 3.26. The van der Waals surface area contributed by atoms with Gasteiger partial charge in [-0.2, -0.15) is 17.5 Å². The highest BCUT2D eigenvalue weighted by Crippen LogP contribution is 2.30. The molecule has 1 aliphatic heterocycles. The summed E-state index contributed by atoms with van der Waals surface area (Å²) in [6, 6.07) is 11.9. The lowest BCUT2D eigenvalue weighted by Crippen LogP contribution is -3.10. The normalized spacial score (nSPS) is 17.4. The molecule has 0 bridgehead atoms. The molecule has 0 saturated carbocycles. The van der Waals surface area contributed by atoms with E-state index in [9.17, 15) is 21.6 Å². The third-order valence-corrected chi connectivity index (χ3v) is 6.50. The number of benzene rings is 2. The van der Waals surface area contributed by atoms with E-state index in [0.29, 0.717) is 18.8 Å². The zero-order chi connectivity index (χ0) is 18.9. The lowest BCUT2D eigenvalue weighted by atomic mass is 10.1. The molecule has 140 valence electrons. The second-order valence-corrected chi connectivity index (χ2v) is 8.34. The maximum Gasteiger partial charge on any atom is 0.416 e. The molecule has 0 radical (unpaired) electrons. The van der Waals surface area contributed by atoms with Gasteiger partial charge in [0.2, 0.25) is 10.0 Å². The van der Waals surface area contributed by atoms with E-state index in [2.05, 4.69) is 0 Å². The minimum absolute atomic E-state index is 0.241. The predicted molar refractivity (Wildman–Crippen MR) is 91.7 cm³/mol. The van der Waals surface area contributed by atoms with Crippen LogP contribution in [0, 0.1) is 6.92 Å². The molecule has 2 aromatic carbocycles. The van der Waals surface area contributed by atoms with Crippen LogP contribution >= 0.6 is 0 Å². The molecule has 1 aliphatic rings. The van der Waals surface area contributed by atoms with Crippen molar-refractivity contribution in [3.8, 4) is 0 Å². The standard InChI is InChI=1S/C18H19F3N2O2S/c1-14-5-7-17(8-6-14)26(24,25)23-11-9-22(10-12-23)16-4-2-3-15(13-16)18(19,20)21/h2-8,13H,9-12H2,1H3/p+1. The maximum atomic E-state index is 12.9. The fraction of sp³-hybridized carbons (Fsp3) is 0.333. The van der Waals surface area contributed by atoms with Crippen LogP contribution in [0.4, 0.5) is 18.9 Å². The Balaban J connectivity index is 1.72. The van der Waals surface area contributed by atoms with Gasteiger partial charge in [0, 0.05) is 6.07 Å². The van der Waals surface area contributed by atoms with Crippen molar-refractivity contribution in [1.82, 2.24) is 4.31 Å². The number of quaternary nitrogens is 1. The zero-order valence-corrected chi connectivity index (χ0v) is 15.1. The number of rotatable bonds is 3. The number of hydrogen-bond donors (Lipinski definition) is 1. The minimum Gasteiger partial charge on any atom is -0.300 e. The van der Waals surface area contributed by atoms with Crippen LogP contribution < -0.4 is 4.90 Å². The number of hydrogen-bond acceptors (Lipinski definition) is 2. The van der Waals surface area contributed by atoms with Gasteiger partial charge in [-0.25, -0.2) is 8.42 Å². The van der Waals surface area contributed by atoms with Crippen LogP contribution in [0.25, 0.3) is 0 Å². The highest BCUT2D eigenvalue weighted by molar-refractivity contribution is 7.89. The molecule has 2 aromatic rings. The molecule has 26 heavy (non-hydrogen) atoms. The van der Waals surface area contributed by atoms with Crippen molar-refractivity contribution in [3.05, 3.63) is 59.7 Å². The molecule has 0 unspecified atom stereocenters. The van der Waals surface area contributed by atoms with Crippen molar-refractivity contribution in [1.29, 1.82) is 0 Å². The van der Waals surface area contributed by atoms with Gasteiger partial charge in [0.1, 0.15) is 5.69 Å². The molecule has 1 heterocycles. The van der Waals surface area contributed by atoms with E-state index >= 15 is 0 Å². The predicted octanol–water partition coefficient (Wildman–Crippen LogP) is 2.23. The molecule has 3 rings (SSSR count). The van der Waals surface area contributed by atoms with Gasteiger partial charge < -0.3 is 4.90 Å². The fourth-order valence-electron chi connectivity index (χ4n) is 3.06. The van der Waals surface area contributed by atoms with E-state index in [0.717, 1.165) is 22.6 Å². The molecule has 1 N–H and O–H groups in total. The summed E-state index contributed by atoms with van der Waals surface area (Å²) in [5.74, 6) is 0. The first-order chi connectivity index (χ1) is 12.2. The molecular formula is C18H20F3N2O2S+. The lowest BCUT2D eigenvalue weighted by Gasteiger charge is -2.31. The van der Waals surface area contributed by atoms with E-state index in [1.807, 2.05) is 6.92 Å². The Kier molecular flexibility index (Phi) is 5.09. The molecule has 0 spiro atoms. The summed E-state index contributed by atoms with van der Waals surface area (Å²) in [6.07, 6.45) is -4.38. The van der Waals surface area contributed by atoms with Crippen LogP contribution in [0.2, 0.25) is 0 Å². The highest BCUT2D eigenvalue weighted by atomic mass is 32.2. The van der Waals surface area contributed by atoms with Crippen LogP contribution in [0.5, 0.6) is 0 Å². The Bertz CT molecular complexity index is 872. The Morgan fingerprint density at radius 1 is 1.00 bits per heavy atom. The number of nitrogens with zero attached hydrogens (tertiary/aromatic N) is 1. The number of piperazine rings is 1. The number of aryl methyl sites for hydroxylation is 1. The van der Waals surface area contributed by atoms with Crippen molar-refractivity contribution in [2.45, 2.75) is 18.0 Å². The van der Waals surface area contributed by atoms with Crippen LogP contribution in [0.1, 0.15) is 11.1 Å². The van der Waals surface area contributed by atoms with E-state index in [1.165, 1.54) is 10.4 Å². The van der Waals surface area contributed by atoms with Gasteiger partial charge in [0.15, 0.2) is 0 Å². The number of nitrogens with one attached hydrogen (secondary N) is 1. The van der Waals surface area contributed by atoms with Gasteiger partial charge >= 0.3 is 6.18 Å². The van der Waals surface area contributed by atoms with Crippen molar-refractivity contribution >= 4 is 15.7 Å². The third kappa shape index (κ3) is 3.92. The number of alkyl halides is 3. The van der Waals surface area contributed by atoms with E-state index in [4.69, 9.17) is 0 Å². The van der Waals surface area contributed by atoms with Crippen molar-refractivity contribution in [2.75, 3.05) is 26.2 Å². The molecule has 4 nitrogen and oxygen atoms in total. The number of halogens is 3. The zero-order valence-electron chi connectivity index (χ0n) is 14.3. The molecule has 0 atom stereocenters. The van der Waals surface area contributed by atoms with Crippen LogP contribution in [0.3, 0.4) is 0 Å². The molecular weight excluding hydrogens is 365 g/mol. The van der Waals surface area contributed by atoms with Gasteiger partial charge in [-0.1, -0.05) is 23.8 Å². The quantitative estimate of drug-likeness (QED) is 0.881. The third-order valence-electron chi connectivity index (χ3n) is 4.58. The summed E-state index contributed by atoms with van der Waals surface area (Å²) >= 11 is 0. The summed E-state index contributed by atoms with van der Waals surface area (Å²) in [5, 5.41) is 0. The average Bonchev–Trinajstić information content (AvgIpc) is 2.62. The summed E-state index contributed by atoms with van der Waals surface area (Å²) in [5.41, 5.74) is 0.826. The Morgan fingerprint density at radius 3 is 2.19 bits per heavy atom. The smallest absolute Gasteiger partial charge is 0.300 e. The summed E-state index contributed by atoms with van der Waals surface area (Å²) in [4.78, 5) is 1.09. The van der Waals surface area contributed by atoms with Gasteiger partial charge in [-0.05, 0) is 31.2 Å². The molecule has 1 fully saturated rings. The summed E-state index contributed by atoms with van der Waals surface area (Å²) < 4.78 is 65.4. The fourth-order valence-corrected chi connectivity index (χ4v) is 4.50. The van der Waals surface area contributed by atoms with E-state index in [1.54, 1.807) is 30.3 Å². The lowest BCUT2D eigenvalue weighted by molar-refractivity contribution is -0.837. The first-order valence-corrected chi connectivity index (χ1v) is 9.71. The molecule has 0 aromatic heterocycles. The SMILES string of the molecule is Cc1ccc(S(=O)(=O)N2CC[NH+](c3cccc(C(F)(F)F)c3)CC2)cc1. The van der Waals surface area contributed by atoms with Crippen LogP contribution in [0.15, 0.2) is 53.4 Å². The average molecular weight is 385 g/mol. The summed E-state index contributed by atoms with van der Waals surface area (Å²) in [7, 11) is -3.58. The van der Waals surface area contributed by atoms with E-state index in [-0.39, 0.29) is 18.0 Å². The van der Waals surface area contributed by atoms with Gasteiger partial charge in [-0.3, -0.25) is 0 Å². The van der Waals surface area contributed by atoms with Crippen molar-refractivity contribution < 1.29 is 26.5 Å². The molecule has 8 heteroatoms. The van der Waals surface area contributed by atoms with Crippen molar-refractivity contribution in [3.63, 3.8) is 0 Å². The highest BCUT2D eigenvalue weighted by Gasteiger charge is 2.34. The second kappa shape index (κ2) is 7.02. The number of sulfonamides is 1. The first-order valence-electron chi connectivity index (χ1n) is 8.27. The van der Waals surface area contributed by atoms with Gasteiger partial charge in [0.25, 0.3) is 0 Å². The van der Waals surface area contributed by atoms with Crippen molar-refractivity contribution in [2.24, 2.45) is 0 Å². The van der Waals surface area contributed by atoms with E-state index < -0.39 is 21.8 Å². The molecule has 0 aliphatic carbocycles. The topological polar surface area (TPSA) is 41.8 Å². The largest absolute Gasteiger partial charge is 0.416 e. The first kappa shape index (κ1) is 18.9. The molecule has 1 saturated heterocycles. The Morgan fingerprint density at radius 2 is 1.62 bits per heavy atom.